The minimum atomic E-state index is 0.271. The molecule has 0 fully saturated rings. The zero-order valence-corrected chi connectivity index (χ0v) is 23.2. The zero-order chi connectivity index (χ0) is 25.5. The second-order valence-corrected chi connectivity index (χ2v) is 9.47. The molecule has 0 N–H and O–H groups in total. The van der Waals surface area contributed by atoms with Crippen molar-refractivity contribution >= 4 is 11.4 Å². The summed E-state index contributed by atoms with van der Waals surface area (Å²) in [5.41, 5.74) is 4.71. The first-order valence-corrected chi connectivity index (χ1v) is 13.9. The molecular weight excluding hydrogens is 430 g/mol. The predicted octanol–water partition coefficient (Wildman–Crippen LogP) is 7.45. The Bertz CT molecular complexity index is 833. The van der Waals surface area contributed by atoms with Crippen LogP contribution in [0.3, 0.4) is 0 Å². The van der Waals surface area contributed by atoms with Crippen LogP contribution in [0.5, 0.6) is 5.75 Å². The third kappa shape index (κ3) is 9.68. The van der Waals surface area contributed by atoms with E-state index in [1.54, 1.807) is 7.11 Å². The molecule has 0 saturated heterocycles. The quantitative estimate of drug-likeness (QED) is 0.221. The maximum atomic E-state index is 5.39. The Morgan fingerprint density at radius 2 is 1.31 bits per heavy atom. The van der Waals surface area contributed by atoms with Crippen molar-refractivity contribution in [3.05, 3.63) is 59.7 Å². The Labute approximate surface area is 215 Å². The molecule has 0 amide bonds. The van der Waals surface area contributed by atoms with Gasteiger partial charge in [0.1, 0.15) is 5.75 Å². The minimum Gasteiger partial charge on any atom is -0.497 e. The van der Waals surface area contributed by atoms with Crippen molar-refractivity contribution in [3.63, 3.8) is 0 Å². The van der Waals surface area contributed by atoms with E-state index in [0.29, 0.717) is 0 Å². The van der Waals surface area contributed by atoms with E-state index in [4.69, 9.17) is 9.73 Å². The van der Waals surface area contributed by atoms with Crippen molar-refractivity contribution in [2.24, 2.45) is 4.99 Å². The van der Waals surface area contributed by atoms with Crippen LogP contribution in [-0.2, 0) is 0 Å². The molecule has 4 heteroatoms. The standard InChI is InChI=1S/C31H49N3O/c1-7-11-24-34(25-12-8-2)29-19-15-27(16-20-29)31(28-17-21-30(35-6)22-18-28)32-26(5)14-13-23-33(9-3)10-4/h15-22,26H,7-14,23-25H2,1-6H3. The zero-order valence-electron chi connectivity index (χ0n) is 23.2. The summed E-state index contributed by atoms with van der Waals surface area (Å²) in [6, 6.07) is 17.7. The minimum absolute atomic E-state index is 0.271. The van der Waals surface area contributed by atoms with Crippen LogP contribution in [0, 0.1) is 0 Å². The highest BCUT2D eigenvalue weighted by atomic mass is 16.5. The molecule has 0 aromatic heterocycles. The van der Waals surface area contributed by atoms with E-state index in [-0.39, 0.29) is 6.04 Å². The van der Waals surface area contributed by atoms with Crippen LogP contribution in [0.2, 0.25) is 0 Å². The number of methoxy groups -OCH3 is 1. The lowest BCUT2D eigenvalue weighted by atomic mass is 10.0. The number of rotatable bonds is 17. The largest absolute Gasteiger partial charge is 0.497 e. The average molecular weight is 480 g/mol. The van der Waals surface area contributed by atoms with Crippen LogP contribution in [-0.4, -0.2) is 56.5 Å². The monoisotopic (exact) mass is 479 g/mol. The summed E-state index contributed by atoms with van der Waals surface area (Å²) in [4.78, 5) is 10.3. The molecule has 0 aliphatic rings. The van der Waals surface area contributed by atoms with Crippen molar-refractivity contribution in [1.29, 1.82) is 0 Å². The maximum absolute atomic E-state index is 5.39. The van der Waals surface area contributed by atoms with Gasteiger partial charge in [0.25, 0.3) is 0 Å². The molecule has 0 aliphatic heterocycles. The van der Waals surface area contributed by atoms with E-state index >= 15 is 0 Å². The Kier molecular flexibility index (Phi) is 13.5. The summed E-state index contributed by atoms with van der Waals surface area (Å²) in [5.74, 6) is 0.873. The fourth-order valence-corrected chi connectivity index (χ4v) is 4.40. The van der Waals surface area contributed by atoms with Gasteiger partial charge in [0.2, 0.25) is 0 Å². The number of unbranched alkanes of at least 4 members (excludes halogenated alkanes) is 2. The smallest absolute Gasteiger partial charge is 0.118 e. The SMILES string of the molecule is CCCCN(CCCC)c1ccc(C(=NC(C)CCCN(CC)CC)c2ccc(OC)cc2)cc1. The van der Waals surface area contributed by atoms with Gasteiger partial charge in [-0.2, -0.15) is 0 Å². The van der Waals surface area contributed by atoms with Crippen molar-refractivity contribution in [2.45, 2.75) is 79.2 Å². The molecule has 2 aromatic rings. The summed E-state index contributed by atoms with van der Waals surface area (Å²) >= 11 is 0. The van der Waals surface area contributed by atoms with Gasteiger partial charge in [-0.3, -0.25) is 4.99 Å². The van der Waals surface area contributed by atoms with Gasteiger partial charge in [-0.05, 0) is 88.6 Å². The normalized spacial score (nSPS) is 12.7. The van der Waals surface area contributed by atoms with Gasteiger partial charge >= 0.3 is 0 Å². The van der Waals surface area contributed by atoms with E-state index in [0.717, 1.165) is 56.2 Å². The Hall–Kier alpha value is -2.33. The molecule has 0 radical (unpaired) electrons. The van der Waals surface area contributed by atoms with E-state index in [1.807, 2.05) is 12.1 Å². The third-order valence-electron chi connectivity index (χ3n) is 6.77. The molecule has 0 saturated carbocycles. The van der Waals surface area contributed by atoms with Gasteiger partial charge in [-0.1, -0.05) is 52.7 Å². The van der Waals surface area contributed by atoms with Gasteiger partial charge in [-0.25, -0.2) is 0 Å². The molecule has 0 heterocycles. The van der Waals surface area contributed by atoms with E-state index in [2.05, 4.69) is 80.8 Å². The fourth-order valence-electron chi connectivity index (χ4n) is 4.40. The summed E-state index contributed by atoms with van der Waals surface area (Å²) in [6.07, 6.45) is 7.17. The molecule has 2 rings (SSSR count). The van der Waals surface area contributed by atoms with E-state index in [9.17, 15) is 0 Å². The number of aliphatic imine (C=N–C) groups is 1. The first-order valence-electron chi connectivity index (χ1n) is 13.9. The topological polar surface area (TPSA) is 28.1 Å². The van der Waals surface area contributed by atoms with E-state index in [1.165, 1.54) is 43.4 Å². The highest BCUT2D eigenvalue weighted by Crippen LogP contribution is 2.22. The van der Waals surface area contributed by atoms with Gasteiger partial charge in [0, 0.05) is 35.9 Å². The lowest BCUT2D eigenvalue weighted by Crippen LogP contribution is -2.25. The third-order valence-corrected chi connectivity index (χ3v) is 6.77. The Morgan fingerprint density at radius 1 is 0.771 bits per heavy atom. The van der Waals surface area contributed by atoms with Crippen molar-refractivity contribution in [2.75, 3.05) is 44.7 Å². The van der Waals surface area contributed by atoms with Gasteiger partial charge < -0.3 is 14.5 Å². The summed E-state index contributed by atoms with van der Waals surface area (Å²) in [6.45, 7) is 16.9. The van der Waals surface area contributed by atoms with Crippen molar-refractivity contribution in [3.8, 4) is 5.75 Å². The van der Waals surface area contributed by atoms with Gasteiger partial charge in [0.15, 0.2) is 0 Å². The number of nitrogens with zero attached hydrogens (tertiary/aromatic N) is 3. The van der Waals surface area contributed by atoms with Gasteiger partial charge in [-0.15, -0.1) is 0 Å². The molecule has 0 bridgehead atoms. The van der Waals surface area contributed by atoms with E-state index < -0.39 is 0 Å². The van der Waals surface area contributed by atoms with Crippen molar-refractivity contribution < 1.29 is 4.74 Å². The summed E-state index contributed by atoms with van der Waals surface area (Å²) in [5, 5.41) is 0. The highest BCUT2D eigenvalue weighted by molar-refractivity contribution is 6.13. The second kappa shape index (κ2) is 16.4. The van der Waals surface area contributed by atoms with Crippen LogP contribution < -0.4 is 9.64 Å². The number of ether oxygens (including phenoxy) is 1. The molecule has 194 valence electrons. The number of benzene rings is 2. The Balaban J connectivity index is 2.27. The van der Waals surface area contributed by atoms with Gasteiger partial charge in [0.05, 0.1) is 12.8 Å². The van der Waals surface area contributed by atoms with Crippen LogP contribution in [0.25, 0.3) is 0 Å². The first-order chi connectivity index (χ1) is 17.1. The molecule has 1 atom stereocenters. The maximum Gasteiger partial charge on any atom is 0.118 e. The number of hydrogen-bond acceptors (Lipinski definition) is 4. The van der Waals surface area contributed by atoms with Crippen LogP contribution in [0.1, 0.15) is 84.3 Å². The molecule has 35 heavy (non-hydrogen) atoms. The van der Waals surface area contributed by atoms with Crippen molar-refractivity contribution in [1.82, 2.24) is 4.90 Å². The molecular formula is C31H49N3O. The second-order valence-electron chi connectivity index (χ2n) is 9.47. The van der Waals surface area contributed by atoms with Crippen LogP contribution in [0.4, 0.5) is 5.69 Å². The number of hydrogen-bond donors (Lipinski definition) is 0. The molecule has 4 nitrogen and oxygen atoms in total. The van der Waals surface area contributed by atoms with Crippen LogP contribution in [0.15, 0.2) is 53.5 Å². The molecule has 1 unspecified atom stereocenters. The highest BCUT2D eigenvalue weighted by Gasteiger charge is 2.12. The molecule has 2 aromatic carbocycles. The van der Waals surface area contributed by atoms with Crippen LogP contribution >= 0.6 is 0 Å². The lowest BCUT2D eigenvalue weighted by Gasteiger charge is -2.25. The molecule has 0 aliphatic carbocycles. The average Bonchev–Trinajstić information content (AvgIpc) is 2.90. The Morgan fingerprint density at radius 3 is 1.80 bits per heavy atom. The first kappa shape index (κ1) is 28.9. The molecule has 0 spiro atoms. The fraction of sp³-hybridized carbons (Fsp3) is 0.581. The summed E-state index contributed by atoms with van der Waals surface area (Å²) in [7, 11) is 1.71. The predicted molar refractivity (Wildman–Crippen MR) is 154 cm³/mol. The lowest BCUT2D eigenvalue weighted by molar-refractivity contribution is 0.294. The number of anilines is 1. The summed E-state index contributed by atoms with van der Waals surface area (Å²) < 4.78 is 5.39.